The van der Waals surface area contributed by atoms with Crippen LogP contribution < -0.4 is 0 Å². The summed E-state index contributed by atoms with van der Waals surface area (Å²) < 4.78 is 4.50. The Morgan fingerprint density at radius 1 is 0.350 bits per heavy atom. The van der Waals surface area contributed by atoms with Crippen LogP contribution in [0.2, 0.25) is 0 Å². The number of hydrogen-bond donors (Lipinski definition) is 0. The lowest BCUT2D eigenvalue weighted by Gasteiger charge is -2.02. The van der Waals surface area contributed by atoms with Crippen molar-refractivity contribution in [2.75, 3.05) is 0 Å². The monoisotopic (exact) mass is 512 g/mol. The van der Waals surface area contributed by atoms with E-state index in [0.29, 0.717) is 0 Å². The minimum Gasteiger partial charge on any atom is -0.317 e. The van der Waals surface area contributed by atoms with Crippen molar-refractivity contribution in [3.8, 4) is 22.3 Å². The van der Waals surface area contributed by atoms with E-state index in [1.54, 1.807) is 0 Å². The van der Waals surface area contributed by atoms with E-state index in [4.69, 9.17) is 0 Å². The molecular formula is C38H28N2. The van der Waals surface area contributed by atoms with E-state index in [2.05, 4.69) is 179 Å². The third-order valence-corrected chi connectivity index (χ3v) is 7.37. The topological polar surface area (TPSA) is 8.82 Å². The van der Waals surface area contributed by atoms with E-state index in [9.17, 15) is 0 Å². The molecule has 0 atom stereocenters. The summed E-state index contributed by atoms with van der Waals surface area (Å²) in [5.41, 5.74) is 11.9. The second-order valence-electron chi connectivity index (χ2n) is 10.0. The van der Waals surface area contributed by atoms with Gasteiger partial charge in [0, 0.05) is 45.9 Å². The van der Waals surface area contributed by atoms with Crippen molar-refractivity contribution in [2.45, 2.75) is 0 Å². The lowest BCUT2D eigenvalue weighted by atomic mass is 10.1. The van der Waals surface area contributed by atoms with E-state index < -0.39 is 0 Å². The lowest BCUT2D eigenvalue weighted by molar-refractivity contribution is 1.17. The van der Waals surface area contributed by atoms with Crippen LogP contribution in [0.4, 0.5) is 0 Å². The van der Waals surface area contributed by atoms with E-state index in [0.717, 1.165) is 11.4 Å². The fourth-order valence-electron chi connectivity index (χ4n) is 5.24. The number of aromatic nitrogens is 2. The Morgan fingerprint density at radius 2 is 0.775 bits per heavy atom. The molecule has 7 aromatic rings. The van der Waals surface area contributed by atoms with E-state index in [1.807, 2.05) is 0 Å². The molecule has 3 aromatic carbocycles. The molecule has 0 radical (unpaired) electrons. The smallest absolute Gasteiger partial charge is 0.0462 e. The van der Waals surface area contributed by atoms with Gasteiger partial charge in [-0.15, -0.1) is 0 Å². The molecule has 0 unspecified atom stereocenters. The average Bonchev–Trinajstić information content (AvgIpc) is 3.66. The van der Waals surface area contributed by atoms with Crippen LogP contribution in [0, 0.1) is 0 Å². The molecule has 2 heteroatoms. The third-order valence-electron chi connectivity index (χ3n) is 7.37. The number of benzene rings is 3. The average molecular weight is 513 g/mol. The van der Waals surface area contributed by atoms with Crippen LogP contribution in [0.15, 0.2) is 146 Å². The lowest BCUT2D eigenvalue weighted by Crippen LogP contribution is -1.88. The summed E-state index contributed by atoms with van der Waals surface area (Å²) in [4.78, 5) is 0. The summed E-state index contributed by atoms with van der Waals surface area (Å²) in [6, 6.07) is 47.1. The van der Waals surface area contributed by atoms with Gasteiger partial charge in [0.25, 0.3) is 0 Å². The summed E-state index contributed by atoms with van der Waals surface area (Å²) in [6.45, 7) is 0. The summed E-state index contributed by atoms with van der Waals surface area (Å²) in [5, 5.41) is 0. The van der Waals surface area contributed by atoms with Crippen molar-refractivity contribution < 1.29 is 0 Å². The molecule has 190 valence electrons. The minimum absolute atomic E-state index is 1.15. The zero-order chi connectivity index (χ0) is 26.7. The summed E-state index contributed by atoms with van der Waals surface area (Å²) >= 11 is 0. The Kier molecular flexibility index (Phi) is 6.20. The van der Waals surface area contributed by atoms with E-state index in [-0.39, 0.29) is 0 Å². The first-order valence-corrected chi connectivity index (χ1v) is 13.6. The highest BCUT2D eigenvalue weighted by molar-refractivity contribution is 5.77. The maximum atomic E-state index is 2.25. The summed E-state index contributed by atoms with van der Waals surface area (Å²) in [5.74, 6) is 0. The Labute approximate surface area is 234 Å². The number of nitrogens with zero attached hydrogens (tertiary/aromatic N) is 2. The van der Waals surface area contributed by atoms with Crippen molar-refractivity contribution in [3.05, 3.63) is 168 Å². The molecule has 7 rings (SSSR count). The predicted octanol–water partition coefficient (Wildman–Crippen LogP) is 9.87. The standard InChI is InChI=1S/C38H28N2/c1-3-9-31(10-4-1)33-25-37-15-7-13-35(39(37)27-33)23-21-29-17-19-30(20-18-29)22-24-36-14-8-16-38-26-34(28-40(36)38)32-11-5-2-6-12-32/h1-28H. The van der Waals surface area contributed by atoms with Gasteiger partial charge >= 0.3 is 0 Å². The Bertz CT molecular complexity index is 1820. The molecule has 0 amide bonds. The number of fused-ring (bicyclic) bond motifs is 2. The minimum atomic E-state index is 1.15. The highest BCUT2D eigenvalue weighted by atomic mass is 14.9. The number of rotatable bonds is 6. The Morgan fingerprint density at radius 3 is 1.20 bits per heavy atom. The van der Waals surface area contributed by atoms with Gasteiger partial charge in [-0.05, 0) is 70.8 Å². The normalized spacial score (nSPS) is 11.8. The molecule has 0 spiro atoms. The fourth-order valence-corrected chi connectivity index (χ4v) is 5.24. The first-order valence-electron chi connectivity index (χ1n) is 13.6. The van der Waals surface area contributed by atoms with Crippen molar-refractivity contribution >= 4 is 35.3 Å². The predicted molar refractivity (Wildman–Crippen MR) is 170 cm³/mol. The number of pyridine rings is 2. The molecule has 2 nitrogen and oxygen atoms in total. The van der Waals surface area contributed by atoms with Crippen molar-refractivity contribution in [1.29, 1.82) is 0 Å². The molecular weight excluding hydrogens is 484 g/mol. The van der Waals surface area contributed by atoms with Gasteiger partial charge in [0.2, 0.25) is 0 Å². The first-order chi connectivity index (χ1) is 19.8. The molecule has 0 aliphatic carbocycles. The molecule has 0 aliphatic heterocycles. The van der Waals surface area contributed by atoms with Gasteiger partial charge < -0.3 is 8.80 Å². The molecule has 40 heavy (non-hydrogen) atoms. The molecule has 0 saturated heterocycles. The van der Waals surface area contributed by atoms with Gasteiger partial charge in [0.15, 0.2) is 0 Å². The summed E-state index contributed by atoms with van der Waals surface area (Å²) in [6.07, 6.45) is 13.2. The maximum Gasteiger partial charge on any atom is 0.0462 e. The van der Waals surface area contributed by atoms with Crippen LogP contribution in [0.5, 0.6) is 0 Å². The quantitative estimate of drug-likeness (QED) is 0.210. The molecule has 0 aliphatic rings. The molecule has 4 aromatic heterocycles. The zero-order valence-electron chi connectivity index (χ0n) is 22.1. The van der Waals surface area contributed by atoms with Crippen LogP contribution in [0.3, 0.4) is 0 Å². The van der Waals surface area contributed by atoms with Crippen molar-refractivity contribution in [2.24, 2.45) is 0 Å². The highest BCUT2D eigenvalue weighted by Gasteiger charge is 2.05. The SMILES string of the molecule is C(=Cc1cccc2cc(-c3ccccc3)cn12)c1ccc(C=Cc2cccc3cc(-c4ccccc4)cn23)cc1. The van der Waals surface area contributed by atoms with Gasteiger partial charge in [-0.25, -0.2) is 0 Å². The highest BCUT2D eigenvalue weighted by Crippen LogP contribution is 2.25. The summed E-state index contributed by atoms with van der Waals surface area (Å²) in [7, 11) is 0. The number of hydrogen-bond acceptors (Lipinski definition) is 0. The van der Waals surface area contributed by atoms with Gasteiger partial charge in [0.1, 0.15) is 0 Å². The van der Waals surface area contributed by atoms with Gasteiger partial charge in [0.05, 0.1) is 0 Å². The zero-order valence-corrected chi connectivity index (χ0v) is 22.1. The van der Waals surface area contributed by atoms with Crippen LogP contribution >= 0.6 is 0 Å². The van der Waals surface area contributed by atoms with Gasteiger partial charge in [-0.3, -0.25) is 0 Å². The largest absolute Gasteiger partial charge is 0.317 e. The third kappa shape index (κ3) is 4.79. The second kappa shape index (κ2) is 10.4. The van der Waals surface area contributed by atoms with Gasteiger partial charge in [-0.1, -0.05) is 109 Å². The van der Waals surface area contributed by atoms with E-state index in [1.165, 1.54) is 44.4 Å². The molecule has 0 N–H and O–H groups in total. The second-order valence-corrected chi connectivity index (χ2v) is 10.0. The van der Waals surface area contributed by atoms with Crippen molar-refractivity contribution in [3.63, 3.8) is 0 Å². The molecule has 0 fully saturated rings. The fraction of sp³-hybridized carbons (Fsp3) is 0. The Balaban J connectivity index is 1.10. The van der Waals surface area contributed by atoms with Crippen LogP contribution in [0.1, 0.15) is 22.5 Å². The molecule has 4 heterocycles. The maximum absolute atomic E-state index is 2.25. The first kappa shape index (κ1) is 23.8. The molecule has 0 bridgehead atoms. The van der Waals surface area contributed by atoms with Gasteiger partial charge in [-0.2, -0.15) is 0 Å². The van der Waals surface area contributed by atoms with Crippen LogP contribution in [0.25, 0.3) is 57.6 Å². The Hall–Kier alpha value is -5.34. The van der Waals surface area contributed by atoms with E-state index >= 15 is 0 Å². The van der Waals surface area contributed by atoms with Crippen molar-refractivity contribution in [1.82, 2.24) is 8.80 Å². The van der Waals surface area contributed by atoms with Crippen LogP contribution in [-0.2, 0) is 0 Å². The molecule has 0 saturated carbocycles. The van der Waals surface area contributed by atoms with Crippen LogP contribution in [-0.4, -0.2) is 8.80 Å².